The Bertz CT molecular complexity index is 687. The number of rotatable bonds is 4. The highest BCUT2D eigenvalue weighted by Gasteiger charge is 2.14. The number of nitrogens with zero attached hydrogens (tertiary/aromatic N) is 4. The minimum Gasteiger partial charge on any atom is -0.469 e. The normalized spacial score (nSPS) is 11.1. The van der Waals surface area contributed by atoms with E-state index in [0.29, 0.717) is 28.6 Å². The van der Waals surface area contributed by atoms with Crippen LogP contribution in [-0.2, 0) is 5.75 Å². The third kappa shape index (κ3) is 2.53. The molecule has 0 saturated heterocycles. The van der Waals surface area contributed by atoms with Crippen molar-refractivity contribution >= 4 is 11.8 Å². The second-order valence-corrected chi connectivity index (χ2v) is 4.71. The van der Waals surface area contributed by atoms with Gasteiger partial charge in [-0.3, -0.25) is 0 Å². The highest BCUT2D eigenvalue weighted by molar-refractivity contribution is 7.98. The molecule has 0 aliphatic carbocycles. The first-order valence-corrected chi connectivity index (χ1v) is 6.51. The van der Waals surface area contributed by atoms with E-state index in [1.165, 1.54) is 11.8 Å². The molecule has 8 heteroatoms. The molecule has 0 spiro atoms. The van der Waals surface area contributed by atoms with Crippen molar-refractivity contribution in [2.24, 2.45) is 0 Å². The van der Waals surface area contributed by atoms with Crippen LogP contribution in [0.2, 0.25) is 0 Å². The Labute approximate surface area is 112 Å². The lowest BCUT2D eigenvalue weighted by Crippen LogP contribution is -1.83. The Morgan fingerprint density at radius 2 is 2.16 bits per heavy atom. The van der Waals surface area contributed by atoms with E-state index in [9.17, 15) is 0 Å². The van der Waals surface area contributed by atoms with Gasteiger partial charge in [-0.15, -0.1) is 10.2 Å². The average molecular weight is 278 g/mol. The van der Waals surface area contributed by atoms with Crippen molar-refractivity contribution in [2.75, 3.05) is 0 Å². The fraction of sp³-hybridized carbons (Fsp3) is 0.273. The summed E-state index contributed by atoms with van der Waals surface area (Å²) in [4.78, 5) is 4.09. The molecule has 0 bridgehead atoms. The molecule has 0 aromatic carbocycles. The van der Waals surface area contributed by atoms with E-state index >= 15 is 0 Å². The van der Waals surface area contributed by atoms with Gasteiger partial charge in [0.1, 0.15) is 5.76 Å². The number of aromatic nitrogens is 4. The zero-order valence-corrected chi connectivity index (χ0v) is 11.1. The summed E-state index contributed by atoms with van der Waals surface area (Å²) in [5.41, 5.74) is 0.801. The molecule has 7 nitrogen and oxygen atoms in total. The SMILES string of the molecule is Cc1nc(CSc2nnc(-c3ccoc3C)o2)no1. The third-order valence-corrected chi connectivity index (χ3v) is 3.20. The largest absolute Gasteiger partial charge is 0.469 e. The van der Waals surface area contributed by atoms with Crippen LogP contribution >= 0.6 is 11.8 Å². The van der Waals surface area contributed by atoms with E-state index in [0.717, 1.165) is 11.3 Å². The minimum atomic E-state index is 0.443. The number of hydrogen-bond donors (Lipinski definition) is 0. The third-order valence-electron chi connectivity index (χ3n) is 2.39. The van der Waals surface area contributed by atoms with Crippen LogP contribution in [0.15, 0.2) is 30.9 Å². The van der Waals surface area contributed by atoms with Gasteiger partial charge in [0.15, 0.2) is 5.82 Å². The summed E-state index contributed by atoms with van der Waals surface area (Å²) in [6, 6.07) is 1.79. The quantitative estimate of drug-likeness (QED) is 0.672. The van der Waals surface area contributed by atoms with Crippen molar-refractivity contribution in [1.82, 2.24) is 20.3 Å². The number of aryl methyl sites for hydroxylation is 2. The van der Waals surface area contributed by atoms with E-state index in [2.05, 4.69) is 20.3 Å². The van der Waals surface area contributed by atoms with Crippen LogP contribution in [0.25, 0.3) is 11.5 Å². The second-order valence-electron chi connectivity index (χ2n) is 3.78. The molecule has 0 saturated carbocycles. The number of furan rings is 1. The van der Waals surface area contributed by atoms with Crippen molar-refractivity contribution < 1.29 is 13.4 Å². The van der Waals surface area contributed by atoms with Gasteiger partial charge in [-0.1, -0.05) is 16.9 Å². The van der Waals surface area contributed by atoms with E-state index < -0.39 is 0 Å². The molecule has 3 aromatic heterocycles. The van der Waals surface area contributed by atoms with Gasteiger partial charge < -0.3 is 13.4 Å². The standard InChI is InChI=1S/C11H10N4O3S/c1-6-8(3-4-16-6)10-13-14-11(17-10)19-5-9-12-7(2)18-15-9/h3-4H,5H2,1-2H3. The zero-order valence-electron chi connectivity index (χ0n) is 10.3. The molecular formula is C11H10N4O3S. The summed E-state index contributed by atoms with van der Waals surface area (Å²) in [6.07, 6.45) is 1.59. The lowest BCUT2D eigenvalue weighted by molar-refractivity contribution is 0.389. The maximum atomic E-state index is 5.53. The lowest BCUT2D eigenvalue weighted by Gasteiger charge is -1.90. The Balaban J connectivity index is 1.70. The van der Waals surface area contributed by atoms with Gasteiger partial charge in [-0.25, -0.2) is 0 Å². The molecule has 0 N–H and O–H groups in total. The molecule has 0 aliphatic rings. The first kappa shape index (κ1) is 12.0. The van der Waals surface area contributed by atoms with Crippen molar-refractivity contribution in [1.29, 1.82) is 0 Å². The summed E-state index contributed by atoms with van der Waals surface area (Å²) in [5.74, 6) is 2.84. The van der Waals surface area contributed by atoms with Gasteiger partial charge in [-0.05, 0) is 13.0 Å². The predicted molar refractivity (Wildman–Crippen MR) is 65.3 cm³/mol. The highest BCUT2D eigenvalue weighted by Crippen LogP contribution is 2.27. The fourth-order valence-electron chi connectivity index (χ4n) is 1.51. The molecule has 98 valence electrons. The van der Waals surface area contributed by atoms with Crippen molar-refractivity contribution in [3.63, 3.8) is 0 Å². The monoisotopic (exact) mass is 278 g/mol. The molecular weight excluding hydrogens is 268 g/mol. The molecule has 0 fully saturated rings. The maximum Gasteiger partial charge on any atom is 0.277 e. The van der Waals surface area contributed by atoms with E-state index in [1.54, 1.807) is 19.3 Å². The van der Waals surface area contributed by atoms with Gasteiger partial charge in [0, 0.05) is 6.92 Å². The van der Waals surface area contributed by atoms with Crippen molar-refractivity contribution in [3.05, 3.63) is 29.8 Å². The molecule has 3 heterocycles. The van der Waals surface area contributed by atoms with E-state index in [1.807, 2.05) is 6.92 Å². The highest BCUT2D eigenvalue weighted by atomic mass is 32.2. The Kier molecular flexibility index (Phi) is 3.08. The molecule has 3 rings (SSSR count). The van der Waals surface area contributed by atoms with Crippen LogP contribution < -0.4 is 0 Å². The summed E-state index contributed by atoms with van der Waals surface area (Å²) >= 11 is 1.35. The molecule has 19 heavy (non-hydrogen) atoms. The van der Waals surface area contributed by atoms with Crippen LogP contribution in [0.4, 0.5) is 0 Å². The lowest BCUT2D eigenvalue weighted by atomic mass is 10.3. The van der Waals surface area contributed by atoms with E-state index in [4.69, 9.17) is 13.4 Å². The molecule has 0 unspecified atom stereocenters. The summed E-state index contributed by atoms with van der Waals surface area (Å²) in [7, 11) is 0. The van der Waals surface area contributed by atoms with Crippen LogP contribution in [0, 0.1) is 13.8 Å². The first-order chi connectivity index (χ1) is 9.22. The number of hydrogen-bond acceptors (Lipinski definition) is 8. The van der Waals surface area contributed by atoms with Gasteiger partial charge >= 0.3 is 0 Å². The summed E-state index contributed by atoms with van der Waals surface area (Å²) in [6.45, 7) is 3.59. The van der Waals surface area contributed by atoms with Gasteiger partial charge in [-0.2, -0.15) is 4.98 Å². The Morgan fingerprint density at radius 1 is 1.26 bits per heavy atom. The predicted octanol–water partition coefficient (Wildman–Crippen LogP) is 2.62. The van der Waals surface area contributed by atoms with Gasteiger partial charge in [0.25, 0.3) is 11.1 Å². The van der Waals surface area contributed by atoms with Crippen molar-refractivity contribution in [3.8, 4) is 11.5 Å². The summed E-state index contributed by atoms with van der Waals surface area (Å²) in [5, 5.41) is 12.2. The molecule has 0 radical (unpaired) electrons. The molecule has 0 atom stereocenters. The first-order valence-electron chi connectivity index (χ1n) is 5.52. The maximum absolute atomic E-state index is 5.53. The molecule has 0 amide bonds. The molecule has 3 aromatic rings. The van der Waals surface area contributed by atoms with Crippen molar-refractivity contribution in [2.45, 2.75) is 24.8 Å². The minimum absolute atomic E-state index is 0.443. The van der Waals surface area contributed by atoms with E-state index in [-0.39, 0.29) is 0 Å². The summed E-state index contributed by atoms with van der Waals surface area (Å²) < 4.78 is 15.6. The Morgan fingerprint density at radius 3 is 2.84 bits per heavy atom. The van der Waals surface area contributed by atoms with Crippen LogP contribution in [0.3, 0.4) is 0 Å². The van der Waals surface area contributed by atoms with Gasteiger partial charge in [0.05, 0.1) is 17.6 Å². The van der Waals surface area contributed by atoms with Crippen LogP contribution in [0.5, 0.6) is 0 Å². The smallest absolute Gasteiger partial charge is 0.277 e. The second kappa shape index (κ2) is 4.88. The van der Waals surface area contributed by atoms with Crippen LogP contribution in [-0.4, -0.2) is 20.3 Å². The number of thioether (sulfide) groups is 1. The molecule has 0 aliphatic heterocycles. The Hall–Kier alpha value is -2.09. The van der Waals surface area contributed by atoms with Crippen LogP contribution in [0.1, 0.15) is 17.5 Å². The fourth-order valence-corrected chi connectivity index (χ4v) is 2.12. The topological polar surface area (TPSA) is 91.0 Å². The average Bonchev–Trinajstić information content (AvgIpc) is 3.07. The zero-order chi connectivity index (χ0) is 13.2. The van der Waals surface area contributed by atoms with Gasteiger partial charge in [0.2, 0.25) is 5.89 Å².